The fraction of sp³-hybridized carbons (Fsp3) is 0.222. The number of hydrogen-bond donors (Lipinski definition) is 0. The van der Waals surface area contributed by atoms with Crippen molar-refractivity contribution in [3.63, 3.8) is 0 Å². The van der Waals surface area contributed by atoms with Crippen LogP contribution in [0, 0.1) is 0 Å². The Hall–Kier alpha value is -1.92. The van der Waals surface area contributed by atoms with Crippen molar-refractivity contribution in [3.05, 3.63) is 53.6 Å². The van der Waals surface area contributed by atoms with Gasteiger partial charge in [0, 0.05) is 11.3 Å². The minimum absolute atomic E-state index is 0.0445. The first kappa shape index (κ1) is 16.9. The van der Waals surface area contributed by atoms with Crippen molar-refractivity contribution < 1.29 is 14.3 Å². The van der Waals surface area contributed by atoms with Crippen molar-refractivity contribution in [3.8, 4) is 11.5 Å². The molecule has 1 aliphatic heterocycles. The molecule has 0 N–H and O–H groups in total. The van der Waals surface area contributed by atoms with Gasteiger partial charge in [0.25, 0.3) is 0 Å². The third-order valence-corrected chi connectivity index (χ3v) is 5.83. The molecule has 0 bridgehead atoms. The summed E-state index contributed by atoms with van der Waals surface area (Å²) in [5, 5.41) is 0. The number of carbonyl (C=O) groups is 1. The molecule has 2 aromatic rings. The van der Waals surface area contributed by atoms with Crippen LogP contribution in [0.2, 0.25) is 0 Å². The van der Waals surface area contributed by atoms with Gasteiger partial charge < -0.3 is 9.47 Å². The standard InChI is InChI=1S/C18H17NO3S2/c1-21-16-8-7-12(9-17(16)22-2)15(20)11-24-18-19-14-6-4-3-5-13(14)10-23-18/h3-9H,10-11H2,1-2H3. The first-order valence-electron chi connectivity index (χ1n) is 7.38. The van der Waals surface area contributed by atoms with Gasteiger partial charge in [-0.1, -0.05) is 41.7 Å². The number of rotatable bonds is 5. The average Bonchev–Trinajstić information content (AvgIpc) is 2.65. The Labute approximate surface area is 149 Å². The molecule has 0 radical (unpaired) electrons. The van der Waals surface area contributed by atoms with E-state index < -0.39 is 0 Å². The number of hydrogen-bond acceptors (Lipinski definition) is 6. The Balaban J connectivity index is 1.67. The summed E-state index contributed by atoms with van der Waals surface area (Å²) in [6.45, 7) is 0. The van der Waals surface area contributed by atoms with E-state index in [9.17, 15) is 4.79 Å². The molecule has 124 valence electrons. The fourth-order valence-corrected chi connectivity index (χ4v) is 4.26. The molecule has 24 heavy (non-hydrogen) atoms. The lowest BCUT2D eigenvalue weighted by molar-refractivity contribution is 0.102. The minimum Gasteiger partial charge on any atom is -0.493 e. The summed E-state index contributed by atoms with van der Waals surface area (Å²) < 4.78 is 11.4. The molecule has 0 amide bonds. The number of para-hydroxylation sites is 1. The van der Waals surface area contributed by atoms with E-state index in [4.69, 9.17) is 9.47 Å². The number of carbonyl (C=O) groups excluding carboxylic acids is 1. The molecular weight excluding hydrogens is 342 g/mol. The van der Waals surface area contributed by atoms with Crippen LogP contribution in [0.4, 0.5) is 5.69 Å². The number of aliphatic imine (C=N–C) groups is 1. The summed E-state index contributed by atoms with van der Waals surface area (Å²) in [7, 11) is 3.14. The molecule has 0 spiro atoms. The van der Waals surface area contributed by atoms with Gasteiger partial charge in [-0.25, -0.2) is 4.99 Å². The number of benzene rings is 2. The Morgan fingerprint density at radius 1 is 1.17 bits per heavy atom. The average molecular weight is 359 g/mol. The molecule has 0 saturated carbocycles. The van der Waals surface area contributed by atoms with Crippen LogP contribution in [0.15, 0.2) is 47.5 Å². The quantitative estimate of drug-likeness (QED) is 0.733. The summed E-state index contributed by atoms with van der Waals surface area (Å²) >= 11 is 3.15. The van der Waals surface area contributed by atoms with Crippen molar-refractivity contribution in [1.29, 1.82) is 0 Å². The number of ether oxygens (including phenoxy) is 2. The van der Waals surface area contributed by atoms with Crippen LogP contribution in [0.25, 0.3) is 0 Å². The van der Waals surface area contributed by atoms with Crippen molar-refractivity contribution in [2.24, 2.45) is 4.99 Å². The van der Waals surface area contributed by atoms with Gasteiger partial charge in [0.05, 0.1) is 25.7 Å². The Morgan fingerprint density at radius 3 is 2.75 bits per heavy atom. The Kier molecular flexibility index (Phi) is 5.48. The molecule has 0 unspecified atom stereocenters. The van der Waals surface area contributed by atoms with E-state index in [0.29, 0.717) is 22.8 Å². The van der Waals surface area contributed by atoms with Crippen molar-refractivity contribution in [2.45, 2.75) is 5.75 Å². The Morgan fingerprint density at radius 2 is 1.96 bits per heavy atom. The Bertz CT molecular complexity index is 790. The van der Waals surface area contributed by atoms with Gasteiger partial charge in [0.15, 0.2) is 17.3 Å². The summed E-state index contributed by atoms with van der Waals surface area (Å²) in [6, 6.07) is 13.3. The molecule has 1 aliphatic rings. The number of Topliss-reactive ketones (excluding diaryl/α,β-unsaturated/α-hetero) is 1. The smallest absolute Gasteiger partial charge is 0.173 e. The summed E-state index contributed by atoms with van der Waals surface area (Å²) in [5.41, 5.74) is 2.84. The third kappa shape index (κ3) is 3.76. The van der Waals surface area contributed by atoms with Gasteiger partial charge in [-0.2, -0.15) is 0 Å². The zero-order valence-electron chi connectivity index (χ0n) is 13.4. The SMILES string of the molecule is COc1ccc(C(=O)CSC2=Nc3ccccc3CS2)cc1OC. The van der Waals surface area contributed by atoms with E-state index in [2.05, 4.69) is 11.1 Å². The van der Waals surface area contributed by atoms with Gasteiger partial charge in [-0.15, -0.1) is 0 Å². The van der Waals surface area contributed by atoms with E-state index in [1.165, 1.54) is 17.3 Å². The highest BCUT2D eigenvalue weighted by Gasteiger charge is 2.16. The first-order valence-corrected chi connectivity index (χ1v) is 9.36. The lowest BCUT2D eigenvalue weighted by Crippen LogP contribution is -2.06. The topological polar surface area (TPSA) is 47.9 Å². The molecule has 0 fully saturated rings. The van der Waals surface area contributed by atoms with Crippen LogP contribution in [0.1, 0.15) is 15.9 Å². The van der Waals surface area contributed by atoms with Crippen LogP contribution in [-0.4, -0.2) is 30.1 Å². The number of thioether (sulfide) groups is 2. The second-order valence-electron chi connectivity index (χ2n) is 5.08. The second-order valence-corrected chi connectivity index (χ2v) is 7.26. The van der Waals surface area contributed by atoms with E-state index in [0.717, 1.165) is 15.8 Å². The van der Waals surface area contributed by atoms with Gasteiger partial charge >= 0.3 is 0 Å². The summed E-state index contributed by atoms with van der Waals surface area (Å²) in [6.07, 6.45) is 0. The first-order chi connectivity index (χ1) is 11.7. The number of nitrogens with zero attached hydrogens (tertiary/aromatic N) is 1. The van der Waals surface area contributed by atoms with Crippen LogP contribution in [0.3, 0.4) is 0 Å². The van der Waals surface area contributed by atoms with Crippen molar-refractivity contribution in [2.75, 3.05) is 20.0 Å². The monoisotopic (exact) mass is 359 g/mol. The maximum absolute atomic E-state index is 12.4. The van der Waals surface area contributed by atoms with Gasteiger partial charge in [0.2, 0.25) is 0 Å². The highest BCUT2D eigenvalue weighted by Crippen LogP contribution is 2.35. The third-order valence-electron chi connectivity index (χ3n) is 3.59. The molecule has 4 nitrogen and oxygen atoms in total. The van der Waals surface area contributed by atoms with Crippen molar-refractivity contribution >= 4 is 39.4 Å². The second kappa shape index (κ2) is 7.77. The molecule has 6 heteroatoms. The number of ketones is 1. The zero-order valence-corrected chi connectivity index (χ0v) is 15.1. The molecular formula is C18H17NO3S2. The highest BCUT2D eigenvalue weighted by atomic mass is 32.2. The van der Waals surface area contributed by atoms with Crippen LogP contribution in [-0.2, 0) is 5.75 Å². The predicted molar refractivity (Wildman–Crippen MR) is 101 cm³/mol. The van der Waals surface area contributed by atoms with Gasteiger partial charge in [0.1, 0.15) is 4.38 Å². The lowest BCUT2D eigenvalue weighted by atomic mass is 10.1. The van der Waals surface area contributed by atoms with E-state index >= 15 is 0 Å². The lowest BCUT2D eigenvalue weighted by Gasteiger charge is -2.14. The predicted octanol–water partition coefficient (Wildman–Crippen LogP) is 4.55. The molecule has 0 saturated heterocycles. The van der Waals surface area contributed by atoms with Gasteiger partial charge in [-0.3, -0.25) is 4.79 Å². The minimum atomic E-state index is 0.0445. The summed E-state index contributed by atoms with van der Waals surface area (Å²) in [4.78, 5) is 17.0. The largest absolute Gasteiger partial charge is 0.493 e. The molecule has 2 aromatic carbocycles. The fourth-order valence-electron chi connectivity index (χ4n) is 2.31. The maximum atomic E-state index is 12.4. The number of fused-ring (bicyclic) bond motifs is 1. The molecule has 0 aromatic heterocycles. The van der Waals surface area contributed by atoms with Crippen LogP contribution >= 0.6 is 23.5 Å². The van der Waals surface area contributed by atoms with Crippen LogP contribution in [0.5, 0.6) is 11.5 Å². The highest BCUT2D eigenvalue weighted by molar-refractivity contribution is 8.38. The molecule has 1 heterocycles. The molecule has 0 aliphatic carbocycles. The summed E-state index contributed by atoms with van der Waals surface area (Å²) in [5.74, 6) is 2.47. The maximum Gasteiger partial charge on any atom is 0.173 e. The molecule has 3 rings (SSSR count). The van der Waals surface area contributed by atoms with E-state index in [1.807, 2.05) is 18.2 Å². The number of methoxy groups -OCH3 is 2. The van der Waals surface area contributed by atoms with E-state index in [-0.39, 0.29) is 5.78 Å². The van der Waals surface area contributed by atoms with Crippen molar-refractivity contribution in [1.82, 2.24) is 0 Å². The zero-order chi connectivity index (χ0) is 16.9. The van der Waals surface area contributed by atoms with Crippen LogP contribution < -0.4 is 9.47 Å². The normalized spacial score (nSPS) is 13.0. The molecule has 0 atom stereocenters. The van der Waals surface area contributed by atoms with Gasteiger partial charge in [-0.05, 0) is 29.8 Å². The van der Waals surface area contributed by atoms with E-state index in [1.54, 1.807) is 44.2 Å².